The highest BCUT2D eigenvalue weighted by atomic mass is 16.6. The Morgan fingerprint density at radius 1 is 0.750 bits per heavy atom. The molecule has 0 unspecified atom stereocenters. The first-order chi connectivity index (χ1) is 11.8. The van der Waals surface area contributed by atoms with Crippen LogP contribution in [0.2, 0.25) is 0 Å². The molecule has 1 N–H and O–H groups in total. The molecular weight excluding hydrogens is 302 g/mol. The van der Waals surface area contributed by atoms with Crippen LogP contribution in [0.15, 0.2) is 84.9 Å². The van der Waals surface area contributed by atoms with E-state index in [1.165, 1.54) is 0 Å². The van der Waals surface area contributed by atoms with E-state index in [1.807, 2.05) is 48.5 Å². The number of carbonyl (C=O) groups excluding carboxylic acids is 1. The van der Waals surface area contributed by atoms with Crippen LogP contribution in [-0.4, -0.2) is 6.09 Å². The molecule has 3 aromatic carbocycles. The SMILES string of the molecule is O=C(Nc1ccccc1)Oc1ccc(OCc2ccccc2)cc1. The zero-order valence-electron chi connectivity index (χ0n) is 13.0. The average Bonchev–Trinajstić information content (AvgIpc) is 2.63. The lowest BCUT2D eigenvalue weighted by atomic mass is 10.2. The molecular formula is C20H17NO3. The number of benzene rings is 3. The highest BCUT2D eigenvalue weighted by Gasteiger charge is 2.05. The molecule has 0 spiro atoms. The molecule has 0 aliphatic rings. The second kappa shape index (κ2) is 7.83. The fourth-order valence-corrected chi connectivity index (χ4v) is 2.12. The summed E-state index contributed by atoms with van der Waals surface area (Å²) in [6, 6.07) is 26.0. The third kappa shape index (κ3) is 4.61. The molecule has 0 aliphatic heterocycles. The monoisotopic (exact) mass is 319 g/mol. The predicted octanol–water partition coefficient (Wildman–Crippen LogP) is 4.88. The van der Waals surface area contributed by atoms with Gasteiger partial charge in [-0.2, -0.15) is 0 Å². The van der Waals surface area contributed by atoms with Crippen molar-refractivity contribution in [1.29, 1.82) is 0 Å². The molecule has 0 fully saturated rings. The van der Waals surface area contributed by atoms with Gasteiger partial charge in [0.25, 0.3) is 0 Å². The van der Waals surface area contributed by atoms with Crippen molar-refractivity contribution in [3.63, 3.8) is 0 Å². The Morgan fingerprint density at radius 2 is 1.33 bits per heavy atom. The number of rotatable bonds is 5. The summed E-state index contributed by atoms with van der Waals surface area (Å²) in [6.07, 6.45) is -0.529. The standard InChI is InChI=1S/C20H17NO3/c22-20(21-17-9-5-2-6-10-17)24-19-13-11-18(12-14-19)23-15-16-7-3-1-4-8-16/h1-14H,15H2,(H,21,22). The average molecular weight is 319 g/mol. The lowest BCUT2D eigenvalue weighted by molar-refractivity contribution is 0.215. The van der Waals surface area contributed by atoms with Crippen molar-refractivity contribution in [2.45, 2.75) is 6.61 Å². The Balaban J connectivity index is 1.51. The predicted molar refractivity (Wildman–Crippen MR) is 93.3 cm³/mol. The summed E-state index contributed by atoms with van der Waals surface area (Å²) in [5.41, 5.74) is 1.78. The Hall–Kier alpha value is -3.27. The van der Waals surface area contributed by atoms with Gasteiger partial charge in [-0.1, -0.05) is 48.5 Å². The smallest absolute Gasteiger partial charge is 0.417 e. The topological polar surface area (TPSA) is 47.6 Å². The van der Waals surface area contributed by atoms with Crippen molar-refractivity contribution >= 4 is 11.8 Å². The van der Waals surface area contributed by atoms with E-state index in [2.05, 4.69) is 5.32 Å². The van der Waals surface area contributed by atoms with Crippen molar-refractivity contribution in [1.82, 2.24) is 0 Å². The van der Waals surface area contributed by atoms with Crippen molar-refractivity contribution in [3.05, 3.63) is 90.5 Å². The van der Waals surface area contributed by atoms with E-state index >= 15 is 0 Å². The number of hydrogen-bond acceptors (Lipinski definition) is 3. The van der Waals surface area contributed by atoms with Gasteiger partial charge in [-0.05, 0) is 42.0 Å². The van der Waals surface area contributed by atoms with Crippen molar-refractivity contribution < 1.29 is 14.3 Å². The molecule has 0 bridgehead atoms. The van der Waals surface area contributed by atoms with Crippen LogP contribution >= 0.6 is 0 Å². The molecule has 0 aromatic heterocycles. The first kappa shape index (κ1) is 15.6. The minimum absolute atomic E-state index is 0.454. The Bertz CT molecular complexity index is 771. The fourth-order valence-electron chi connectivity index (χ4n) is 2.12. The number of para-hydroxylation sites is 1. The quantitative estimate of drug-likeness (QED) is 0.729. The maximum Gasteiger partial charge on any atom is 0.417 e. The summed E-state index contributed by atoms with van der Waals surface area (Å²) in [7, 11) is 0. The van der Waals surface area contributed by atoms with Crippen LogP contribution in [0.1, 0.15) is 5.56 Å². The number of anilines is 1. The molecule has 120 valence electrons. The van der Waals surface area contributed by atoms with Gasteiger partial charge in [0, 0.05) is 5.69 Å². The summed E-state index contributed by atoms with van der Waals surface area (Å²) in [5.74, 6) is 1.17. The summed E-state index contributed by atoms with van der Waals surface area (Å²) < 4.78 is 10.9. The van der Waals surface area contributed by atoms with Crippen molar-refractivity contribution in [3.8, 4) is 11.5 Å². The van der Waals surface area contributed by atoms with Gasteiger partial charge in [-0.3, -0.25) is 5.32 Å². The number of amides is 1. The maximum atomic E-state index is 11.8. The van der Waals surface area contributed by atoms with E-state index < -0.39 is 6.09 Å². The molecule has 0 saturated heterocycles. The van der Waals surface area contributed by atoms with Gasteiger partial charge in [0.1, 0.15) is 18.1 Å². The zero-order valence-corrected chi connectivity index (χ0v) is 13.0. The zero-order chi connectivity index (χ0) is 16.6. The molecule has 0 heterocycles. The van der Waals surface area contributed by atoms with E-state index in [0.29, 0.717) is 18.0 Å². The molecule has 4 nitrogen and oxygen atoms in total. The molecule has 3 aromatic rings. The second-order valence-electron chi connectivity index (χ2n) is 5.13. The van der Waals surface area contributed by atoms with E-state index in [9.17, 15) is 4.79 Å². The van der Waals surface area contributed by atoms with Crippen LogP contribution in [0.3, 0.4) is 0 Å². The van der Waals surface area contributed by atoms with Gasteiger partial charge in [0.15, 0.2) is 0 Å². The third-order valence-electron chi connectivity index (χ3n) is 3.30. The molecule has 1 amide bonds. The van der Waals surface area contributed by atoms with E-state index in [1.54, 1.807) is 36.4 Å². The first-order valence-corrected chi connectivity index (χ1v) is 7.60. The van der Waals surface area contributed by atoms with Gasteiger partial charge in [-0.15, -0.1) is 0 Å². The lowest BCUT2D eigenvalue weighted by Gasteiger charge is -2.08. The van der Waals surface area contributed by atoms with Gasteiger partial charge in [-0.25, -0.2) is 4.79 Å². The first-order valence-electron chi connectivity index (χ1n) is 7.60. The van der Waals surface area contributed by atoms with Crippen LogP contribution in [0.25, 0.3) is 0 Å². The minimum atomic E-state index is -0.529. The summed E-state index contributed by atoms with van der Waals surface area (Å²) in [5, 5.41) is 2.66. The van der Waals surface area contributed by atoms with Crippen LogP contribution in [0.5, 0.6) is 11.5 Å². The van der Waals surface area contributed by atoms with E-state index in [-0.39, 0.29) is 0 Å². The molecule has 0 saturated carbocycles. The second-order valence-corrected chi connectivity index (χ2v) is 5.13. The summed E-state index contributed by atoms with van der Waals surface area (Å²) in [4.78, 5) is 11.8. The fraction of sp³-hybridized carbons (Fsp3) is 0.0500. The Kier molecular flexibility index (Phi) is 5.10. The van der Waals surface area contributed by atoms with Crippen LogP contribution < -0.4 is 14.8 Å². The summed E-state index contributed by atoms with van der Waals surface area (Å²) >= 11 is 0. The molecule has 24 heavy (non-hydrogen) atoms. The number of nitrogens with one attached hydrogen (secondary N) is 1. The van der Waals surface area contributed by atoms with Crippen molar-refractivity contribution in [2.24, 2.45) is 0 Å². The highest BCUT2D eigenvalue weighted by molar-refractivity contribution is 5.86. The molecule has 0 atom stereocenters. The number of carbonyl (C=O) groups is 1. The van der Waals surface area contributed by atoms with E-state index in [4.69, 9.17) is 9.47 Å². The van der Waals surface area contributed by atoms with E-state index in [0.717, 1.165) is 11.3 Å². The largest absolute Gasteiger partial charge is 0.489 e. The lowest BCUT2D eigenvalue weighted by Crippen LogP contribution is -2.16. The maximum absolute atomic E-state index is 11.8. The van der Waals surface area contributed by atoms with Crippen LogP contribution in [0, 0.1) is 0 Å². The molecule has 0 aliphatic carbocycles. The van der Waals surface area contributed by atoms with Gasteiger partial charge in [0.2, 0.25) is 0 Å². The van der Waals surface area contributed by atoms with Crippen molar-refractivity contribution in [2.75, 3.05) is 5.32 Å². The van der Waals surface area contributed by atoms with Gasteiger partial charge >= 0.3 is 6.09 Å². The minimum Gasteiger partial charge on any atom is -0.489 e. The Labute approximate surface area is 140 Å². The number of ether oxygens (including phenoxy) is 2. The van der Waals surface area contributed by atoms with Gasteiger partial charge in [0.05, 0.1) is 0 Å². The summed E-state index contributed by atoms with van der Waals surface area (Å²) in [6.45, 7) is 0.496. The number of hydrogen-bond donors (Lipinski definition) is 1. The normalized spacial score (nSPS) is 10.0. The molecule has 4 heteroatoms. The third-order valence-corrected chi connectivity index (χ3v) is 3.30. The van der Waals surface area contributed by atoms with Crippen LogP contribution in [0.4, 0.5) is 10.5 Å². The van der Waals surface area contributed by atoms with Crippen LogP contribution in [-0.2, 0) is 6.61 Å². The molecule has 0 radical (unpaired) electrons. The Morgan fingerprint density at radius 3 is 2.00 bits per heavy atom. The molecule has 3 rings (SSSR count). The van der Waals surface area contributed by atoms with Gasteiger partial charge < -0.3 is 9.47 Å². The highest BCUT2D eigenvalue weighted by Crippen LogP contribution is 2.19.